The molecular weight excluding hydrogens is 569 g/mol. The van der Waals surface area contributed by atoms with Crippen LogP contribution in [0.25, 0.3) is 0 Å². The molecule has 2 amide bonds. The van der Waals surface area contributed by atoms with Crippen molar-refractivity contribution in [2.24, 2.45) is 0 Å². The number of pyridine rings is 1. The molecule has 1 aromatic heterocycles. The van der Waals surface area contributed by atoms with Gasteiger partial charge < -0.3 is 19.5 Å². The smallest absolute Gasteiger partial charge is 0.415 e. The SMILES string of the molecule is COC(=O)[C@H](Cc1ccc(OCCc2cccc(N(C)C(=O)OC(C)(C)C)n2)cc1)NC(=O)c1c(Cl)cccc1Cl. The number of nitrogens with zero attached hydrogens (tertiary/aromatic N) is 2. The molecule has 0 aliphatic heterocycles. The number of aromatic nitrogens is 1. The standard InChI is InChI=1S/C30H33Cl2N3O6/c1-30(2,3)41-29(38)35(4)25-11-6-8-20(33-25)16-17-40-21-14-12-19(13-15-21)18-24(28(37)39-5)34-27(36)26-22(31)9-7-10-23(26)32/h6-15,24H,16-18H2,1-5H3,(H,34,36)/t24-/m0/s1. The first-order chi connectivity index (χ1) is 19.4. The minimum absolute atomic E-state index is 0.0880. The van der Waals surface area contributed by atoms with Crippen LogP contribution < -0.4 is 15.0 Å². The van der Waals surface area contributed by atoms with Crippen molar-refractivity contribution in [1.29, 1.82) is 0 Å². The van der Waals surface area contributed by atoms with Gasteiger partial charge >= 0.3 is 12.1 Å². The molecule has 0 aliphatic carbocycles. The third kappa shape index (κ3) is 9.37. The summed E-state index contributed by atoms with van der Waals surface area (Å²) in [7, 11) is 2.86. The second kappa shape index (κ2) is 14.2. The molecule has 3 aromatic rings. The topological polar surface area (TPSA) is 107 Å². The Kier molecular flexibility index (Phi) is 11.0. The quantitative estimate of drug-likeness (QED) is 0.288. The van der Waals surface area contributed by atoms with Gasteiger partial charge in [0.1, 0.15) is 23.2 Å². The number of methoxy groups -OCH3 is 1. The highest BCUT2D eigenvalue weighted by molar-refractivity contribution is 6.39. The van der Waals surface area contributed by atoms with Gasteiger partial charge in [-0.15, -0.1) is 0 Å². The Morgan fingerprint density at radius 3 is 2.22 bits per heavy atom. The number of benzene rings is 2. The maximum atomic E-state index is 12.8. The summed E-state index contributed by atoms with van der Waals surface area (Å²) in [5.41, 5.74) is 1.01. The average Bonchev–Trinajstić information content (AvgIpc) is 2.92. The number of carbonyl (C=O) groups excluding carboxylic acids is 3. The van der Waals surface area contributed by atoms with E-state index in [1.54, 1.807) is 76.3 Å². The van der Waals surface area contributed by atoms with Crippen LogP contribution in [0.1, 0.15) is 42.4 Å². The minimum Gasteiger partial charge on any atom is -0.493 e. The summed E-state index contributed by atoms with van der Waals surface area (Å²) in [4.78, 5) is 43.4. The van der Waals surface area contributed by atoms with Crippen molar-refractivity contribution >= 4 is 47.0 Å². The Labute approximate surface area is 249 Å². The van der Waals surface area contributed by atoms with Gasteiger partial charge in [-0.2, -0.15) is 0 Å². The summed E-state index contributed by atoms with van der Waals surface area (Å²) in [6.45, 7) is 5.77. The number of anilines is 1. The van der Waals surface area contributed by atoms with E-state index in [1.807, 2.05) is 12.1 Å². The summed E-state index contributed by atoms with van der Waals surface area (Å²) < 4.78 is 16.1. The van der Waals surface area contributed by atoms with Crippen LogP contribution in [0.15, 0.2) is 60.7 Å². The normalized spacial score (nSPS) is 11.8. The summed E-state index contributed by atoms with van der Waals surface area (Å²) in [5, 5.41) is 3.01. The summed E-state index contributed by atoms with van der Waals surface area (Å²) in [6, 6.07) is 16.3. The van der Waals surface area contributed by atoms with E-state index in [2.05, 4.69) is 10.3 Å². The number of esters is 1. The number of halogens is 2. The van der Waals surface area contributed by atoms with Gasteiger partial charge in [0.25, 0.3) is 5.91 Å². The Balaban J connectivity index is 1.57. The number of hydrogen-bond acceptors (Lipinski definition) is 7. The van der Waals surface area contributed by atoms with Gasteiger partial charge in [-0.3, -0.25) is 9.69 Å². The fraction of sp³-hybridized carbons (Fsp3) is 0.333. The first kappa shape index (κ1) is 31.7. The zero-order chi connectivity index (χ0) is 30.2. The number of carbonyl (C=O) groups is 3. The van der Waals surface area contributed by atoms with Crippen molar-refractivity contribution in [2.45, 2.75) is 45.3 Å². The Morgan fingerprint density at radius 1 is 0.976 bits per heavy atom. The minimum atomic E-state index is -0.955. The summed E-state index contributed by atoms with van der Waals surface area (Å²) >= 11 is 12.3. The van der Waals surface area contributed by atoms with Gasteiger partial charge in [-0.25, -0.2) is 14.6 Å². The molecule has 1 N–H and O–H groups in total. The maximum Gasteiger partial charge on any atom is 0.415 e. The van der Waals surface area contributed by atoms with Crippen LogP contribution >= 0.6 is 23.2 Å². The molecule has 0 saturated carbocycles. The molecule has 0 saturated heterocycles. The highest BCUT2D eigenvalue weighted by Gasteiger charge is 2.25. The first-order valence-electron chi connectivity index (χ1n) is 12.8. The molecule has 1 atom stereocenters. The van der Waals surface area contributed by atoms with E-state index in [-0.39, 0.29) is 22.0 Å². The van der Waals surface area contributed by atoms with Crippen molar-refractivity contribution in [1.82, 2.24) is 10.3 Å². The van der Waals surface area contributed by atoms with Crippen LogP contribution in [-0.2, 0) is 27.1 Å². The van der Waals surface area contributed by atoms with E-state index in [4.69, 9.17) is 37.4 Å². The number of nitrogens with one attached hydrogen (secondary N) is 1. The highest BCUT2D eigenvalue weighted by atomic mass is 35.5. The third-order valence-corrected chi connectivity index (χ3v) is 6.40. The molecule has 0 aliphatic rings. The molecule has 0 spiro atoms. The largest absolute Gasteiger partial charge is 0.493 e. The second-order valence-corrected chi connectivity index (χ2v) is 10.9. The monoisotopic (exact) mass is 601 g/mol. The predicted molar refractivity (Wildman–Crippen MR) is 158 cm³/mol. The van der Waals surface area contributed by atoms with Crippen LogP contribution in [0.4, 0.5) is 10.6 Å². The lowest BCUT2D eigenvalue weighted by Gasteiger charge is -2.24. The third-order valence-electron chi connectivity index (χ3n) is 5.77. The second-order valence-electron chi connectivity index (χ2n) is 10.1. The van der Waals surface area contributed by atoms with Gasteiger partial charge in [0.2, 0.25) is 0 Å². The molecule has 1 heterocycles. The van der Waals surface area contributed by atoms with Crippen LogP contribution in [0.2, 0.25) is 10.0 Å². The van der Waals surface area contributed by atoms with E-state index in [1.165, 1.54) is 12.0 Å². The first-order valence-corrected chi connectivity index (χ1v) is 13.6. The van der Waals surface area contributed by atoms with Crippen LogP contribution in [-0.4, -0.2) is 55.4 Å². The van der Waals surface area contributed by atoms with Gasteiger partial charge in [0.15, 0.2) is 0 Å². The Hall–Kier alpha value is -3.82. The number of ether oxygens (including phenoxy) is 3. The van der Waals surface area contributed by atoms with Crippen molar-refractivity contribution in [3.05, 3.63) is 87.5 Å². The Bertz CT molecular complexity index is 1360. The molecule has 218 valence electrons. The number of hydrogen-bond donors (Lipinski definition) is 1. The van der Waals surface area contributed by atoms with Gasteiger partial charge in [-0.05, 0) is 62.7 Å². The molecule has 41 heavy (non-hydrogen) atoms. The summed E-state index contributed by atoms with van der Waals surface area (Å²) in [5.74, 6) is -0.0812. The van der Waals surface area contributed by atoms with Crippen molar-refractivity contribution in [3.8, 4) is 5.75 Å². The zero-order valence-electron chi connectivity index (χ0n) is 23.6. The lowest BCUT2D eigenvalue weighted by Crippen LogP contribution is -2.43. The molecule has 3 rings (SSSR count). The van der Waals surface area contributed by atoms with Crippen molar-refractivity contribution in [2.75, 3.05) is 25.7 Å². The van der Waals surface area contributed by atoms with Crippen LogP contribution in [0, 0.1) is 0 Å². The Morgan fingerprint density at radius 2 is 1.61 bits per heavy atom. The fourth-order valence-electron chi connectivity index (χ4n) is 3.73. The molecule has 2 aromatic carbocycles. The van der Waals surface area contributed by atoms with Crippen LogP contribution in [0.5, 0.6) is 5.75 Å². The lowest BCUT2D eigenvalue weighted by atomic mass is 10.0. The molecule has 0 bridgehead atoms. The predicted octanol–water partition coefficient (Wildman–Crippen LogP) is 5.90. The lowest BCUT2D eigenvalue weighted by molar-refractivity contribution is -0.142. The van der Waals surface area contributed by atoms with E-state index in [0.717, 1.165) is 11.3 Å². The van der Waals surface area contributed by atoms with E-state index in [0.29, 0.717) is 24.6 Å². The van der Waals surface area contributed by atoms with Gasteiger partial charge in [-0.1, -0.05) is 47.5 Å². The number of rotatable bonds is 10. The summed E-state index contributed by atoms with van der Waals surface area (Å²) in [6.07, 6.45) is 0.210. The van der Waals surface area contributed by atoms with E-state index >= 15 is 0 Å². The average molecular weight is 603 g/mol. The van der Waals surface area contributed by atoms with Crippen molar-refractivity contribution < 1.29 is 28.6 Å². The molecule has 9 nitrogen and oxygen atoms in total. The molecule has 11 heteroatoms. The van der Waals surface area contributed by atoms with E-state index < -0.39 is 29.6 Å². The molecular formula is C30H33Cl2N3O6. The zero-order valence-corrected chi connectivity index (χ0v) is 25.1. The van der Waals surface area contributed by atoms with Crippen molar-refractivity contribution in [3.63, 3.8) is 0 Å². The fourth-order valence-corrected chi connectivity index (χ4v) is 4.30. The number of amides is 2. The van der Waals surface area contributed by atoms with Gasteiger partial charge in [0.05, 0.1) is 29.3 Å². The molecule has 0 radical (unpaired) electrons. The van der Waals surface area contributed by atoms with Gasteiger partial charge in [0, 0.05) is 25.6 Å². The van der Waals surface area contributed by atoms with E-state index in [9.17, 15) is 14.4 Å². The molecule has 0 unspecified atom stereocenters. The highest BCUT2D eigenvalue weighted by Crippen LogP contribution is 2.24. The molecule has 0 fully saturated rings. The van der Waals surface area contributed by atoms with Crippen LogP contribution in [0.3, 0.4) is 0 Å². The maximum absolute atomic E-state index is 12.8.